The molecule has 0 saturated carbocycles. The predicted octanol–water partition coefficient (Wildman–Crippen LogP) is 3.53. The molecule has 1 aromatic heterocycles. The SMILES string of the molecule is C[C@H](C[C@@H](CCc1ccc(-c2cccc(Cl)c2)cc1)NC(=O)c1noc(=O)[nH]1)C(=O)O. The quantitative estimate of drug-likeness (QED) is 0.464. The molecule has 0 aliphatic heterocycles. The van der Waals surface area contributed by atoms with Crippen LogP contribution >= 0.6 is 11.6 Å². The summed E-state index contributed by atoms with van der Waals surface area (Å²) in [6, 6.07) is 15.1. The number of rotatable bonds is 9. The third-order valence-electron chi connectivity index (χ3n) is 4.94. The molecular formula is C22H22ClN3O5. The van der Waals surface area contributed by atoms with E-state index in [1.165, 1.54) is 0 Å². The van der Waals surface area contributed by atoms with E-state index in [2.05, 4.69) is 20.0 Å². The van der Waals surface area contributed by atoms with Crippen LogP contribution in [-0.2, 0) is 11.2 Å². The molecule has 0 fully saturated rings. The monoisotopic (exact) mass is 443 g/mol. The van der Waals surface area contributed by atoms with Gasteiger partial charge < -0.3 is 10.4 Å². The Balaban J connectivity index is 1.66. The van der Waals surface area contributed by atoms with Crippen molar-refractivity contribution in [2.24, 2.45) is 5.92 Å². The number of amides is 1. The smallest absolute Gasteiger partial charge is 0.439 e. The number of nitrogens with zero attached hydrogens (tertiary/aromatic N) is 1. The van der Waals surface area contributed by atoms with E-state index in [-0.39, 0.29) is 12.2 Å². The molecule has 1 amide bonds. The van der Waals surface area contributed by atoms with Crippen LogP contribution < -0.4 is 11.1 Å². The Morgan fingerprint density at radius 1 is 1.19 bits per heavy atom. The highest BCUT2D eigenvalue weighted by atomic mass is 35.5. The summed E-state index contributed by atoms with van der Waals surface area (Å²) in [6.45, 7) is 1.58. The maximum atomic E-state index is 12.3. The van der Waals surface area contributed by atoms with E-state index in [9.17, 15) is 19.5 Å². The lowest BCUT2D eigenvalue weighted by Crippen LogP contribution is -2.38. The van der Waals surface area contributed by atoms with Gasteiger partial charge in [-0.25, -0.2) is 4.79 Å². The second-order valence-electron chi connectivity index (χ2n) is 7.33. The fourth-order valence-corrected chi connectivity index (χ4v) is 3.42. The molecule has 3 rings (SSSR count). The molecular weight excluding hydrogens is 422 g/mol. The van der Waals surface area contributed by atoms with Crippen molar-refractivity contribution >= 4 is 23.5 Å². The van der Waals surface area contributed by atoms with E-state index >= 15 is 0 Å². The van der Waals surface area contributed by atoms with Gasteiger partial charge in [0.05, 0.1) is 5.92 Å². The van der Waals surface area contributed by atoms with E-state index in [1.54, 1.807) is 6.92 Å². The highest BCUT2D eigenvalue weighted by Gasteiger charge is 2.22. The zero-order valence-electron chi connectivity index (χ0n) is 16.8. The molecule has 1 heterocycles. The van der Waals surface area contributed by atoms with E-state index in [1.807, 2.05) is 48.5 Å². The van der Waals surface area contributed by atoms with Gasteiger partial charge in [0.1, 0.15) is 0 Å². The normalized spacial score (nSPS) is 12.8. The molecule has 0 aliphatic rings. The predicted molar refractivity (Wildman–Crippen MR) is 115 cm³/mol. The lowest BCUT2D eigenvalue weighted by molar-refractivity contribution is -0.141. The molecule has 3 N–H and O–H groups in total. The summed E-state index contributed by atoms with van der Waals surface area (Å²) >= 11 is 6.06. The van der Waals surface area contributed by atoms with Crippen LogP contribution in [-0.4, -0.2) is 33.2 Å². The minimum absolute atomic E-state index is 0.240. The van der Waals surface area contributed by atoms with E-state index < -0.39 is 29.6 Å². The number of benzene rings is 2. The van der Waals surface area contributed by atoms with Crippen LogP contribution in [0.2, 0.25) is 5.02 Å². The number of carbonyl (C=O) groups is 2. The lowest BCUT2D eigenvalue weighted by Gasteiger charge is -2.20. The van der Waals surface area contributed by atoms with Gasteiger partial charge in [0.2, 0.25) is 5.82 Å². The number of aromatic amines is 1. The largest absolute Gasteiger partial charge is 0.481 e. The number of aryl methyl sites for hydroxylation is 1. The van der Waals surface area contributed by atoms with Gasteiger partial charge in [-0.05, 0) is 53.2 Å². The Morgan fingerprint density at radius 3 is 2.55 bits per heavy atom. The average molecular weight is 444 g/mol. The molecule has 0 radical (unpaired) electrons. The first-order chi connectivity index (χ1) is 14.8. The molecule has 31 heavy (non-hydrogen) atoms. The summed E-state index contributed by atoms with van der Waals surface area (Å²) in [5.74, 6) is -3.29. The molecule has 2 atom stereocenters. The summed E-state index contributed by atoms with van der Waals surface area (Å²) in [7, 11) is 0. The summed E-state index contributed by atoms with van der Waals surface area (Å²) in [5, 5.41) is 16.0. The topological polar surface area (TPSA) is 125 Å². The number of aromatic nitrogens is 2. The molecule has 9 heteroatoms. The van der Waals surface area contributed by atoms with Crippen molar-refractivity contribution in [2.45, 2.75) is 32.2 Å². The molecule has 2 aromatic carbocycles. The fourth-order valence-electron chi connectivity index (χ4n) is 3.23. The van der Waals surface area contributed by atoms with Crippen molar-refractivity contribution in [3.63, 3.8) is 0 Å². The standard InChI is InChI=1S/C22H22ClN3O5/c1-13(21(28)29)11-18(24-20(27)19-25-22(30)31-26-19)10-7-14-5-8-15(9-6-14)16-3-2-4-17(23)12-16/h2-6,8-9,12-13,18H,7,10-11H2,1H3,(H,24,27)(H,28,29)(H,25,26,30)/t13-,18-/m1/s1. The third kappa shape index (κ3) is 6.29. The van der Waals surface area contributed by atoms with Gasteiger partial charge in [0.15, 0.2) is 0 Å². The van der Waals surface area contributed by atoms with E-state index in [4.69, 9.17) is 11.6 Å². The summed E-state index contributed by atoms with van der Waals surface area (Å²) in [6.07, 6.45) is 1.38. The number of carboxylic acids is 1. The Hall–Kier alpha value is -3.39. The molecule has 3 aromatic rings. The van der Waals surface area contributed by atoms with Gasteiger partial charge in [-0.3, -0.25) is 19.1 Å². The minimum Gasteiger partial charge on any atom is -0.481 e. The molecule has 0 aliphatic carbocycles. The Morgan fingerprint density at radius 2 is 1.94 bits per heavy atom. The fraction of sp³-hybridized carbons (Fsp3) is 0.273. The number of hydrogen-bond acceptors (Lipinski definition) is 5. The number of carboxylic acid groups (broad SMARTS) is 1. The summed E-state index contributed by atoms with van der Waals surface area (Å²) in [4.78, 5) is 36.8. The maximum absolute atomic E-state index is 12.3. The van der Waals surface area contributed by atoms with Crippen LogP contribution in [0.3, 0.4) is 0 Å². The molecule has 0 bridgehead atoms. The van der Waals surface area contributed by atoms with Crippen LogP contribution in [0, 0.1) is 5.92 Å². The molecule has 0 spiro atoms. The number of nitrogens with one attached hydrogen (secondary N) is 2. The number of halogens is 1. The Bertz CT molecular complexity index is 1110. The van der Waals surface area contributed by atoms with Gasteiger partial charge in [0.25, 0.3) is 5.91 Å². The number of aliphatic carboxylic acids is 1. The van der Waals surface area contributed by atoms with Crippen molar-refractivity contribution in [1.29, 1.82) is 0 Å². The minimum atomic E-state index is -0.944. The van der Waals surface area contributed by atoms with Gasteiger partial charge in [0, 0.05) is 11.1 Å². The zero-order chi connectivity index (χ0) is 22.4. The van der Waals surface area contributed by atoms with Gasteiger partial charge in [-0.2, -0.15) is 0 Å². The van der Waals surface area contributed by atoms with Gasteiger partial charge in [-0.15, -0.1) is 0 Å². The van der Waals surface area contributed by atoms with Crippen LogP contribution in [0.5, 0.6) is 0 Å². The molecule has 8 nitrogen and oxygen atoms in total. The highest BCUT2D eigenvalue weighted by molar-refractivity contribution is 6.30. The number of hydrogen-bond donors (Lipinski definition) is 3. The van der Waals surface area contributed by atoms with Crippen molar-refractivity contribution in [3.8, 4) is 11.1 Å². The molecule has 0 saturated heterocycles. The highest BCUT2D eigenvalue weighted by Crippen LogP contribution is 2.23. The summed E-state index contributed by atoms with van der Waals surface area (Å²) in [5.41, 5.74) is 3.09. The second-order valence-corrected chi connectivity index (χ2v) is 7.77. The van der Waals surface area contributed by atoms with Crippen molar-refractivity contribution in [1.82, 2.24) is 15.5 Å². The van der Waals surface area contributed by atoms with E-state index in [0.29, 0.717) is 17.9 Å². The summed E-state index contributed by atoms with van der Waals surface area (Å²) < 4.78 is 4.35. The Labute approximate surface area is 183 Å². The average Bonchev–Trinajstić information content (AvgIpc) is 3.18. The number of carbonyl (C=O) groups excluding carboxylic acids is 1. The van der Waals surface area contributed by atoms with Crippen LogP contribution in [0.15, 0.2) is 57.8 Å². The van der Waals surface area contributed by atoms with Crippen LogP contribution in [0.1, 0.15) is 35.9 Å². The van der Waals surface area contributed by atoms with Gasteiger partial charge in [-0.1, -0.05) is 54.9 Å². The van der Waals surface area contributed by atoms with Crippen LogP contribution in [0.25, 0.3) is 11.1 Å². The first-order valence-corrected chi connectivity index (χ1v) is 10.1. The van der Waals surface area contributed by atoms with Crippen molar-refractivity contribution in [2.75, 3.05) is 0 Å². The zero-order valence-corrected chi connectivity index (χ0v) is 17.6. The number of H-pyrrole nitrogens is 1. The van der Waals surface area contributed by atoms with E-state index in [0.717, 1.165) is 16.7 Å². The molecule has 162 valence electrons. The Kier molecular flexibility index (Phi) is 7.25. The van der Waals surface area contributed by atoms with Crippen molar-refractivity contribution in [3.05, 3.63) is 75.5 Å². The van der Waals surface area contributed by atoms with Gasteiger partial charge >= 0.3 is 11.7 Å². The first-order valence-electron chi connectivity index (χ1n) is 9.76. The molecule has 0 unspecified atom stereocenters. The lowest BCUT2D eigenvalue weighted by atomic mass is 9.95. The third-order valence-corrected chi connectivity index (χ3v) is 5.18. The maximum Gasteiger partial charge on any atom is 0.439 e. The van der Waals surface area contributed by atoms with Crippen molar-refractivity contribution < 1.29 is 19.2 Å². The second kappa shape index (κ2) is 10.1. The van der Waals surface area contributed by atoms with Crippen LogP contribution in [0.4, 0.5) is 0 Å². The first kappa shape index (κ1) is 22.3.